The summed E-state index contributed by atoms with van der Waals surface area (Å²) in [6.45, 7) is 8.34. The van der Waals surface area contributed by atoms with E-state index in [1.165, 1.54) is 11.1 Å². The molecule has 26 heavy (non-hydrogen) atoms. The molecule has 0 atom stereocenters. The summed E-state index contributed by atoms with van der Waals surface area (Å²) < 4.78 is 1.87. The van der Waals surface area contributed by atoms with Crippen molar-refractivity contribution in [2.75, 3.05) is 0 Å². The molecule has 0 amide bonds. The molecule has 0 spiro atoms. The van der Waals surface area contributed by atoms with Crippen LogP contribution in [0.25, 0.3) is 11.3 Å². The average molecular weight is 366 g/mol. The number of thiazole rings is 1. The van der Waals surface area contributed by atoms with Crippen molar-refractivity contribution in [3.63, 3.8) is 0 Å². The SMILES string of the molecule is Cc1ccc(-c2csc(=NC(C)C)n2N=Cc2cccc(O)c2)cc1C. The van der Waals surface area contributed by atoms with Crippen LogP contribution in [-0.4, -0.2) is 22.0 Å². The number of aromatic hydroxyl groups is 1. The molecule has 0 unspecified atom stereocenters. The van der Waals surface area contributed by atoms with Crippen molar-refractivity contribution in [2.45, 2.75) is 33.7 Å². The van der Waals surface area contributed by atoms with Gasteiger partial charge in [-0.05, 0) is 62.6 Å². The maximum absolute atomic E-state index is 9.65. The minimum absolute atomic E-state index is 0.184. The first-order valence-electron chi connectivity index (χ1n) is 8.59. The monoisotopic (exact) mass is 365 g/mol. The molecule has 1 heterocycles. The first-order valence-corrected chi connectivity index (χ1v) is 9.47. The summed E-state index contributed by atoms with van der Waals surface area (Å²) in [5.41, 5.74) is 5.48. The molecule has 3 aromatic rings. The van der Waals surface area contributed by atoms with Crippen molar-refractivity contribution < 1.29 is 5.11 Å². The highest BCUT2D eigenvalue weighted by Crippen LogP contribution is 2.23. The largest absolute Gasteiger partial charge is 0.508 e. The third kappa shape index (κ3) is 4.11. The van der Waals surface area contributed by atoms with Crippen LogP contribution in [0.5, 0.6) is 5.75 Å². The zero-order valence-corrected chi connectivity index (χ0v) is 16.3. The Morgan fingerprint density at radius 1 is 1.08 bits per heavy atom. The van der Waals surface area contributed by atoms with Crippen molar-refractivity contribution in [3.05, 3.63) is 69.3 Å². The quantitative estimate of drug-likeness (QED) is 0.668. The minimum Gasteiger partial charge on any atom is -0.508 e. The average Bonchev–Trinajstić information content (AvgIpc) is 2.97. The van der Waals surface area contributed by atoms with Crippen LogP contribution in [0.4, 0.5) is 0 Å². The molecule has 0 saturated carbocycles. The van der Waals surface area contributed by atoms with Gasteiger partial charge in [0.2, 0.25) is 4.80 Å². The molecule has 0 bridgehead atoms. The van der Waals surface area contributed by atoms with Gasteiger partial charge in [0.15, 0.2) is 0 Å². The summed E-state index contributed by atoms with van der Waals surface area (Å²) in [5.74, 6) is 0.228. The van der Waals surface area contributed by atoms with Gasteiger partial charge in [-0.1, -0.05) is 24.3 Å². The van der Waals surface area contributed by atoms with Crippen LogP contribution in [0.15, 0.2) is 57.9 Å². The lowest BCUT2D eigenvalue weighted by molar-refractivity contribution is 0.475. The van der Waals surface area contributed by atoms with Gasteiger partial charge < -0.3 is 5.11 Å². The first kappa shape index (κ1) is 18.1. The van der Waals surface area contributed by atoms with Crippen molar-refractivity contribution >= 4 is 17.6 Å². The number of benzene rings is 2. The second-order valence-corrected chi connectivity index (χ2v) is 7.41. The Hall–Kier alpha value is -2.66. The smallest absolute Gasteiger partial charge is 0.206 e. The predicted molar refractivity (Wildman–Crippen MR) is 109 cm³/mol. The number of aryl methyl sites for hydroxylation is 2. The van der Waals surface area contributed by atoms with E-state index in [4.69, 9.17) is 4.99 Å². The van der Waals surface area contributed by atoms with E-state index in [1.807, 2.05) is 10.7 Å². The minimum atomic E-state index is 0.184. The summed E-state index contributed by atoms with van der Waals surface area (Å²) in [6.07, 6.45) is 1.75. The van der Waals surface area contributed by atoms with E-state index in [-0.39, 0.29) is 11.8 Å². The van der Waals surface area contributed by atoms with Crippen LogP contribution in [0.3, 0.4) is 0 Å². The first-order chi connectivity index (χ1) is 12.4. The Kier molecular flexibility index (Phi) is 5.38. The van der Waals surface area contributed by atoms with E-state index < -0.39 is 0 Å². The van der Waals surface area contributed by atoms with E-state index in [0.29, 0.717) is 0 Å². The highest BCUT2D eigenvalue weighted by molar-refractivity contribution is 7.07. The van der Waals surface area contributed by atoms with E-state index in [0.717, 1.165) is 21.6 Å². The molecule has 0 radical (unpaired) electrons. The number of hydrogen-bond donors (Lipinski definition) is 1. The van der Waals surface area contributed by atoms with Crippen molar-refractivity contribution in [3.8, 4) is 17.0 Å². The zero-order chi connectivity index (χ0) is 18.7. The highest BCUT2D eigenvalue weighted by Gasteiger charge is 2.09. The molecule has 1 aromatic heterocycles. The lowest BCUT2D eigenvalue weighted by Gasteiger charge is -2.07. The Labute approximate surface area is 157 Å². The molecular weight excluding hydrogens is 342 g/mol. The summed E-state index contributed by atoms with van der Waals surface area (Å²) in [6, 6.07) is 13.7. The lowest BCUT2D eigenvalue weighted by atomic mass is 10.1. The van der Waals surface area contributed by atoms with Crippen molar-refractivity contribution in [2.24, 2.45) is 10.1 Å². The van der Waals surface area contributed by atoms with Gasteiger partial charge in [-0.15, -0.1) is 11.3 Å². The van der Waals surface area contributed by atoms with Gasteiger partial charge in [0.25, 0.3) is 0 Å². The van der Waals surface area contributed by atoms with Gasteiger partial charge in [0, 0.05) is 17.0 Å². The van der Waals surface area contributed by atoms with Gasteiger partial charge in [-0.2, -0.15) is 5.10 Å². The van der Waals surface area contributed by atoms with E-state index in [2.05, 4.69) is 56.4 Å². The zero-order valence-electron chi connectivity index (χ0n) is 15.5. The van der Waals surface area contributed by atoms with Crippen LogP contribution < -0.4 is 4.80 Å². The summed E-state index contributed by atoms with van der Waals surface area (Å²) in [7, 11) is 0. The molecular formula is C21H23N3OS. The Morgan fingerprint density at radius 3 is 2.58 bits per heavy atom. The number of phenols is 1. The van der Waals surface area contributed by atoms with Gasteiger partial charge in [-0.3, -0.25) is 4.99 Å². The van der Waals surface area contributed by atoms with E-state index in [9.17, 15) is 5.11 Å². The third-order valence-electron chi connectivity index (χ3n) is 4.05. The molecule has 0 aliphatic rings. The third-order valence-corrected chi connectivity index (χ3v) is 4.88. The summed E-state index contributed by atoms with van der Waals surface area (Å²) >= 11 is 1.58. The Morgan fingerprint density at radius 2 is 1.88 bits per heavy atom. The highest BCUT2D eigenvalue weighted by atomic mass is 32.1. The normalized spacial score (nSPS) is 12.4. The molecule has 0 aliphatic carbocycles. The van der Waals surface area contributed by atoms with Crippen LogP contribution in [0.1, 0.15) is 30.5 Å². The van der Waals surface area contributed by atoms with Gasteiger partial charge in [-0.25, -0.2) is 4.68 Å². The molecule has 134 valence electrons. The summed E-state index contributed by atoms with van der Waals surface area (Å²) in [5, 5.41) is 16.4. The fourth-order valence-corrected chi connectivity index (χ4v) is 3.52. The van der Waals surface area contributed by atoms with E-state index >= 15 is 0 Å². The van der Waals surface area contributed by atoms with Crippen LogP contribution in [0.2, 0.25) is 0 Å². The summed E-state index contributed by atoms with van der Waals surface area (Å²) in [4.78, 5) is 5.55. The fourth-order valence-electron chi connectivity index (χ4n) is 2.55. The van der Waals surface area contributed by atoms with Gasteiger partial charge in [0.1, 0.15) is 5.75 Å². The second-order valence-electron chi connectivity index (χ2n) is 6.58. The van der Waals surface area contributed by atoms with Gasteiger partial charge >= 0.3 is 0 Å². The maximum Gasteiger partial charge on any atom is 0.206 e. The number of aromatic nitrogens is 1. The molecule has 5 heteroatoms. The van der Waals surface area contributed by atoms with Crippen molar-refractivity contribution in [1.82, 2.24) is 4.68 Å². The number of nitrogens with zero attached hydrogens (tertiary/aromatic N) is 3. The topological polar surface area (TPSA) is 49.9 Å². The molecule has 3 rings (SSSR count). The molecule has 0 aliphatic heterocycles. The Bertz CT molecular complexity index is 1010. The predicted octanol–water partition coefficient (Wildman–Crippen LogP) is 4.73. The van der Waals surface area contributed by atoms with Crippen LogP contribution in [0, 0.1) is 13.8 Å². The standard InChI is InChI=1S/C21H23N3OS/c1-14(2)23-21-24(22-12-17-6-5-7-19(25)11-17)20(13-26-21)18-9-8-15(3)16(4)10-18/h5-14,25H,1-4H3. The molecule has 1 N–H and O–H groups in total. The number of phenolic OH excluding ortho intramolecular Hbond substituents is 1. The Balaban J connectivity index is 2.11. The molecule has 0 saturated heterocycles. The fraction of sp³-hybridized carbons (Fsp3) is 0.238. The lowest BCUT2D eigenvalue weighted by Crippen LogP contribution is -2.14. The number of hydrogen-bond acceptors (Lipinski definition) is 4. The van der Waals surface area contributed by atoms with Crippen LogP contribution in [-0.2, 0) is 0 Å². The maximum atomic E-state index is 9.65. The molecule has 2 aromatic carbocycles. The molecule has 0 fully saturated rings. The number of rotatable bonds is 4. The molecule has 4 nitrogen and oxygen atoms in total. The van der Waals surface area contributed by atoms with Gasteiger partial charge in [0.05, 0.1) is 11.9 Å². The second kappa shape index (κ2) is 7.70. The van der Waals surface area contributed by atoms with Crippen molar-refractivity contribution in [1.29, 1.82) is 0 Å². The van der Waals surface area contributed by atoms with E-state index in [1.54, 1.807) is 35.8 Å². The van der Waals surface area contributed by atoms with Crippen LogP contribution >= 0.6 is 11.3 Å².